The smallest absolute Gasteiger partial charge is 0.313 e. The number of carboxylic acids is 1. The summed E-state index contributed by atoms with van der Waals surface area (Å²) in [6.07, 6.45) is 0.0535. The lowest BCUT2D eigenvalue weighted by atomic mass is 9.96. The third kappa shape index (κ3) is 5.30. The fourth-order valence-corrected chi connectivity index (χ4v) is 1.44. The third-order valence-corrected chi connectivity index (χ3v) is 2.42. The lowest BCUT2D eigenvalue weighted by Crippen LogP contribution is -2.54. The second-order valence-electron chi connectivity index (χ2n) is 4.06. The molecule has 6 N–H and O–H groups in total. The van der Waals surface area contributed by atoms with E-state index in [1.165, 1.54) is 6.92 Å². The molecule has 0 bridgehead atoms. The van der Waals surface area contributed by atoms with Crippen molar-refractivity contribution in [3.63, 3.8) is 0 Å². The fraction of sp³-hybridized carbons (Fsp3) is 0.333. The molecule has 0 aliphatic heterocycles. The standard InChI is InChI=1S/C10H12F3N3O.C2H4O2/c1-2-10(15,16-9(14)17)5-3-4-6(11)8(13)7(5)12;1-2(3)4/h3-4H,2,15H2,1H3,(H3,14,16,17);1H3,(H,3,4). The predicted octanol–water partition coefficient (Wildman–Crippen LogP) is 1.38. The molecule has 1 rings (SSSR count). The largest absolute Gasteiger partial charge is 0.481 e. The van der Waals surface area contributed by atoms with Crippen LogP contribution in [-0.4, -0.2) is 17.1 Å². The van der Waals surface area contributed by atoms with Gasteiger partial charge in [-0.3, -0.25) is 4.79 Å². The van der Waals surface area contributed by atoms with Crippen LogP contribution in [0.1, 0.15) is 25.8 Å². The molecule has 6 nitrogen and oxygen atoms in total. The maximum atomic E-state index is 13.5. The Hall–Kier alpha value is -2.29. The van der Waals surface area contributed by atoms with E-state index in [9.17, 15) is 18.0 Å². The molecular weight excluding hydrogens is 291 g/mol. The zero-order valence-corrected chi connectivity index (χ0v) is 11.4. The minimum atomic E-state index is -1.68. The molecule has 0 heterocycles. The van der Waals surface area contributed by atoms with Crippen molar-refractivity contribution in [1.82, 2.24) is 5.32 Å². The highest BCUT2D eigenvalue weighted by Crippen LogP contribution is 2.25. The minimum Gasteiger partial charge on any atom is -0.481 e. The number of primary amides is 1. The first-order valence-electron chi connectivity index (χ1n) is 5.75. The van der Waals surface area contributed by atoms with Crippen molar-refractivity contribution in [3.05, 3.63) is 35.1 Å². The first-order chi connectivity index (χ1) is 9.55. The van der Waals surface area contributed by atoms with Gasteiger partial charge in [-0.05, 0) is 18.6 Å². The Labute approximate surface area is 118 Å². The molecule has 1 unspecified atom stereocenters. The van der Waals surface area contributed by atoms with Crippen molar-refractivity contribution in [1.29, 1.82) is 0 Å². The van der Waals surface area contributed by atoms with E-state index in [2.05, 4.69) is 5.32 Å². The summed E-state index contributed by atoms with van der Waals surface area (Å²) in [5.41, 5.74) is 8.55. The number of hydrogen-bond donors (Lipinski definition) is 4. The molecule has 1 aromatic rings. The second kappa shape index (κ2) is 7.48. The highest BCUT2D eigenvalue weighted by molar-refractivity contribution is 5.72. The fourth-order valence-electron chi connectivity index (χ4n) is 1.44. The van der Waals surface area contributed by atoms with Crippen molar-refractivity contribution < 1.29 is 27.9 Å². The van der Waals surface area contributed by atoms with E-state index >= 15 is 0 Å². The van der Waals surface area contributed by atoms with Crippen molar-refractivity contribution in [3.8, 4) is 0 Å². The van der Waals surface area contributed by atoms with E-state index < -0.39 is 35.1 Å². The number of urea groups is 1. The number of carboxylic acid groups (broad SMARTS) is 1. The van der Waals surface area contributed by atoms with Crippen LogP contribution in [0.2, 0.25) is 0 Å². The van der Waals surface area contributed by atoms with E-state index in [0.717, 1.165) is 19.1 Å². The van der Waals surface area contributed by atoms with Crippen LogP contribution < -0.4 is 16.8 Å². The zero-order valence-electron chi connectivity index (χ0n) is 11.4. The van der Waals surface area contributed by atoms with Crippen LogP contribution in [0.25, 0.3) is 0 Å². The van der Waals surface area contributed by atoms with Gasteiger partial charge in [-0.1, -0.05) is 6.92 Å². The van der Waals surface area contributed by atoms with Crippen molar-refractivity contribution in [2.24, 2.45) is 11.5 Å². The lowest BCUT2D eigenvalue weighted by molar-refractivity contribution is -0.134. The van der Waals surface area contributed by atoms with E-state index in [-0.39, 0.29) is 12.0 Å². The molecular formula is C12H16F3N3O3. The van der Waals surface area contributed by atoms with Gasteiger partial charge in [0.1, 0.15) is 5.66 Å². The Balaban J connectivity index is 0.000000885. The quantitative estimate of drug-likeness (QED) is 0.498. The summed E-state index contributed by atoms with van der Waals surface area (Å²) in [5, 5.41) is 9.51. The number of halogens is 3. The number of rotatable bonds is 3. The molecule has 0 aromatic heterocycles. The number of carbonyl (C=O) groups is 2. The van der Waals surface area contributed by atoms with Crippen LogP contribution in [-0.2, 0) is 10.5 Å². The summed E-state index contributed by atoms with van der Waals surface area (Å²) < 4.78 is 39.3. The third-order valence-electron chi connectivity index (χ3n) is 2.42. The minimum absolute atomic E-state index is 0.0535. The van der Waals surface area contributed by atoms with E-state index in [1.807, 2.05) is 0 Å². The van der Waals surface area contributed by atoms with Crippen LogP contribution in [0.4, 0.5) is 18.0 Å². The molecule has 2 amide bonds. The van der Waals surface area contributed by atoms with Crippen LogP contribution in [0.5, 0.6) is 0 Å². The Morgan fingerprint density at radius 1 is 1.29 bits per heavy atom. The van der Waals surface area contributed by atoms with Gasteiger partial charge >= 0.3 is 6.03 Å². The Kier molecular flexibility index (Phi) is 6.67. The molecule has 0 spiro atoms. The topological polar surface area (TPSA) is 118 Å². The summed E-state index contributed by atoms with van der Waals surface area (Å²) in [6.45, 7) is 2.62. The number of benzene rings is 1. The van der Waals surface area contributed by atoms with E-state index in [1.54, 1.807) is 0 Å². The zero-order chi connectivity index (χ0) is 16.8. The number of hydrogen-bond acceptors (Lipinski definition) is 3. The molecule has 0 aliphatic carbocycles. The van der Waals surface area contributed by atoms with Crippen LogP contribution in [0, 0.1) is 17.5 Å². The normalized spacial score (nSPS) is 12.7. The van der Waals surface area contributed by atoms with Crippen LogP contribution in [0.3, 0.4) is 0 Å². The lowest BCUT2D eigenvalue weighted by Gasteiger charge is -2.29. The van der Waals surface area contributed by atoms with E-state index in [0.29, 0.717) is 0 Å². The molecule has 0 saturated heterocycles. The molecule has 0 saturated carbocycles. The van der Waals surface area contributed by atoms with Crippen molar-refractivity contribution in [2.45, 2.75) is 25.9 Å². The SMILES string of the molecule is CC(=O)O.CCC(N)(NC(N)=O)c1ccc(F)c(F)c1F. The Morgan fingerprint density at radius 2 is 1.76 bits per heavy atom. The average molecular weight is 307 g/mol. The number of aliphatic carboxylic acids is 1. The van der Waals surface area contributed by atoms with Gasteiger partial charge in [0.25, 0.3) is 5.97 Å². The van der Waals surface area contributed by atoms with Crippen molar-refractivity contribution in [2.75, 3.05) is 0 Å². The Bertz CT molecular complexity index is 536. The summed E-state index contributed by atoms with van der Waals surface area (Å²) in [6, 6.07) is 0.708. The number of amides is 2. The number of nitrogens with one attached hydrogen (secondary N) is 1. The maximum Gasteiger partial charge on any atom is 0.313 e. The van der Waals surface area contributed by atoms with Gasteiger partial charge in [0, 0.05) is 12.5 Å². The monoisotopic (exact) mass is 307 g/mol. The van der Waals surface area contributed by atoms with Gasteiger partial charge in [0.2, 0.25) is 0 Å². The summed E-state index contributed by atoms with van der Waals surface area (Å²) in [5.74, 6) is -5.25. The maximum absolute atomic E-state index is 13.5. The van der Waals surface area contributed by atoms with Gasteiger partial charge in [-0.2, -0.15) is 0 Å². The first kappa shape index (κ1) is 18.7. The summed E-state index contributed by atoms with van der Waals surface area (Å²) in [4.78, 5) is 19.8. The molecule has 0 radical (unpaired) electrons. The summed E-state index contributed by atoms with van der Waals surface area (Å²) in [7, 11) is 0. The molecule has 118 valence electrons. The van der Waals surface area contributed by atoms with Gasteiger partial charge in [-0.15, -0.1) is 0 Å². The molecule has 9 heteroatoms. The van der Waals surface area contributed by atoms with Gasteiger partial charge < -0.3 is 21.9 Å². The van der Waals surface area contributed by atoms with E-state index in [4.69, 9.17) is 21.4 Å². The molecule has 0 aliphatic rings. The highest BCUT2D eigenvalue weighted by Gasteiger charge is 2.31. The Morgan fingerprint density at radius 3 is 2.14 bits per heavy atom. The van der Waals surface area contributed by atoms with Gasteiger partial charge in [-0.25, -0.2) is 18.0 Å². The van der Waals surface area contributed by atoms with Crippen LogP contribution >= 0.6 is 0 Å². The molecule has 0 fully saturated rings. The predicted molar refractivity (Wildman–Crippen MR) is 68.5 cm³/mol. The first-order valence-corrected chi connectivity index (χ1v) is 5.75. The summed E-state index contributed by atoms with van der Waals surface area (Å²) >= 11 is 0. The number of carbonyl (C=O) groups excluding carboxylic acids is 1. The highest BCUT2D eigenvalue weighted by atomic mass is 19.2. The van der Waals surface area contributed by atoms with Gasteiger partial charge in [0.05, 0.1) is 0 Å². The molecule has 1 atom stereocenters. The van der Waals surface area contributed by atoms with Crippen LogP contribution in [0.15, 0.2) is 12.1 Å². The number of nitrogens with two attached hydrogens (primary N) is 2. The molecule has 1 aromatic carbocycles. The second-order valence-corrected chi connectivity index (χ2v) is 4.06. The molecule has 21 heavy (non-hydrogen) atoms. The average Bonchev–Trinajstić information content (AvgIpc) is 2.34. The van der Waals surface area contributed by atoms with Crippen molar-refractivity contribution >= 4 is 12.0 Å². The van der Waals surface area contributed by atoms with Gasteiger partial charge in [0.15, 0.2) is 17.5 Å².